The maximum Gasteiger partial charge on any atom is 0.136 e. The molecule has 1 N–H and O–H groups in total. The Balaban J connectivity index is 1.71. The zero-order chi connectivity index (χ0) is 19.1. The highest BCUT2D eigenvalue weighted by atomic mass is 16.5. The fourth-order valence-corrected chi connectivity index (χ4v) is 4.38. The fourth-order valence-electron chi connectivity index (χ4n) is 4.38. The summed E-state index contributed by atoms with van der Waals surface area (Å²) in [6.45, 7) is 6.09. The maximum atomic E-state index is 5.81. The highest BCUT2D eigenvalue weighted by molar-refractivity contribution is 5.92. The van der Waals surface area contributed by atoms with Gasteiger partial charge in [-0.3, -0.25) is 9.78 Å². The van der Waals surface area contributed by atoms with Gasteiger partial charge in [-0.25, -0.2) is 4.98 Å². The molecule has 28 heavy (non-hydrogen) atoms. The molecule has 0 saturated carbocycles. The van der Waals surface area contributed by atoms with Crippen molar-refractivity contribution in [2.24, 2.45) is 7.05 Å². The van der Waals surface area contributed by atoms with Crippen molar-refractivity contribution in [1.29, 1.82) is 0 Å². The van der Waals surface area contributed by atoms with Crippen LogP contribution in [0.2, 0.25) is 0 Å². The molecule has 5 rings (SSSR count). The second-order valence-electron chi connectivity index (χ2n) is 7.74. The number of hydrogen-bond acceptors (Lipinski definition) is 6. The van der Waals surface area contributed by atoms with E-state index in [9.17, 15) is 0 Å². The number of morpholine rings is 1. The highest BCUT2D eigenvalue weighted by Gasteiger charge is 2.27. The molecule has 3 aromatic heterocycles. The quantitative estimate of drug-likeness (QED) is 0.750. The van der Waals surface area contributed by atoms with Gasteiger partial charge in [0.1, 0.15) is 17.0 Å². The first-order valence-corrected chi connectivity index (χ1v) is 10.0. The van der Waals surface area contributed by atoms with Crippen LogP contribution in [0, 0.1) is 0 Å². The zero-order valence-corrected chi connectivity index (χ0v) is 16.4. The van der Waals surface area contributed by atoms with Gasteiger partial charge in [0.2, 0.25) is 0 Å². The number of nitrogens with zero attached hydrogens (tertiary/aromatic N) is 5. The summed E-state index contributed by atoms with van der Waals surface area (Å²) >= 11 is 0. The van der Waals surface area contributed by atoms with Crippen molar-refractivity contribution in [2.75, 3.05) is 37.9 Å². The third-order valence-electron chi connectivity index (χ3n) is 5.82. The molecular formula is C20H26N6O2. The SMILES string of the molecule is C[C@@H]1COCCN1c1cc(C2CCCOC2)c2c(n1)c(-c1ccn[nH]1)nn2C. The molecule has 0 spiro atoms. The number of H-pyrrole nitrogens is 1. The number of aryl methyl sites for hydroxylation is 1. The molecule has 2 fully saturated rings. The van der Waals surface area contributed by atoms with Crippen molar-refractivity contribution in [3.63, 3.8) is 0 Å². The standard InChI is InChI=1S/C20H26N6O2/c1-13-11-28-9-7-26(13)17-10-15(14-4-3-8-27-12-14)20-19(22-17)18(24-25(20)2)16-5-6-21-23-16/h5-6,10,13-14H,3-4,7-9,11-12H2,1-2H3,(H,21,23)/t13-,14?/m1/s1. The predicted octanol–water partition coefficient (Wildman–Crippen LogP) is 2.48. The minimum Gasteiger partial charge on any atom is -0.381 e. The van der Waals surface area contributed by atoms with Gasteiger partial charge in [-0.2, -0.15) is 10.2 Å². The normalized spacial score (nSPS) is 23.4. The summed E-state index contributed by atoms with van der Waals surface area (Å²) in [4.78, 5) is 7.43. The first-order valence-electron chi connectivity index (χ1n) is 10.0. The number of aromatic nitrogens is 5. The minimum atomic E-state index is 0.293. The van der Waals surface area contributed by atoms with E-state index in [0.29, 0.717) is 12.0 Å². The number of aromatic amines is 1. The van der Waals surface area contributed by atoms with Crippen molar-refractivity contribution < 1.29 is 9.47 Å². The van der Waals surface area contributed by atoms with E-state index in [1.54, 1.807) is 6.20 Å². The number of hydrogen-bond donors (Lipinski definition) is 1. The first-order chi connectivity index (χ1) is 13.7. The second-order valence-corrected chi connectivity index (χ2v) is 7.74. The number of rotatable bonds is 3. The Morgan fingerprint density at radius 1 is 1.21 bits per heavy atom. The summed E-state index contributed by atoms with van der Waals surface area (Å²) in [5, 5.41) is 11.9. The second kappa shape index (κ2) is 7.18. The van der Waals surface area contributed by atoms with E-state index in [1.165, 1.54) is 5.56 Å². The Labute approximate surface area is 163 Å². The molecule has 2 saturated heterocycles. The molecule has 0 aliphatic carbocycles. The number of fused-ring (bicyclic) bond motifs is 1. The van der Waals surface area contributed by atoms with Crippen LogP contribution in [0.15, 0.2) is 18.3 Å². The van der Waals surface area contributed by atoms with Crippen LogP contribution in [-0.2, 0) is 16.5 Å². The van der Waals surface area contributed by atoms with E-state index >= 15 is 0 Å². The molecule has 1 unspecified atom stereocenters. The Kier molecular flexibility index (Phi) is 4.52. The molecule has 0 aromatic carbocycles. The van der Waals surface area contributed by atoms with E-state index in [1.807, 2.05) is 17.8 Å². The van der Waals surface area contributed by atoms with Crippen molar-refractivity contribution >= 4 is 16.9 Å². The lowest BCUT2D eigenvalue weighted by Crippen LogP contribution is -2.44. The molecule has 2 aliphatic rings. The van der Waals surface area contributed by atoms with Crippen molar-refractivity contribution in [3.05, 3.63) is 23.9 Å². The number of anilines is 1. The van der Waals surface area contributed by atoms with Crippen LogP contribution in [0.25, 0.3) is 22.4 Å². The van der Waals surface area contributed by atoms with Crippen molar-refractivity contribution in [3.8, 4) is 11.4 Å². The molecule has 2 aliphatic heterocycles. The lowest BCUT2D eigenvalue weighted by molar-refractivity contribution is 0.0806. The van der Waals surface area contributed by atoms with Gasteiger partial charge >= 0.3 is 0 Å². The van der Waals surface area contributed by atoms with E-state index in [2.05, 4.69) is 28.1 Å². The van der Waals surface area contributed by atoms with Crippen LogP contribution in [-0.4, -0.2) is 64.0 Å². The number of nitrogens with one attached hydrogen (secondary N) is 1. The molecule has 3 aromatic rings. The summed E-state index contributed by atoms with van der Waals surface area (Å²) < 4.78 is 13.4. The van der Waals surface area contributed by atoms with E-state index < -0.39 is 0 Å². The van der Waals surface area contributed by atoms with Crippen LogP contribution < -0.4 is 4.90 Å². The topological polar surface area (TPSA) is 81.1 Å². The summed E-state index contributed by atoms with van der Waals surface area (Å²) in [6.07, 6.45) is 3.96. The van der Waals surface area contributed by atoms with E-state index in [0.717, 1.165) is 74.1 Å². The van der Waals surface area contributed by atoms with Crippen molar-refractivity contribution in [2.45, 2.75) is 31.7 Å². The molecule has 0 radical (unpaired) electrons. The van der Waals surface area contributed by atoms with Crippen LogP contribution in [0.1, 0.15) is 31.2 Å². The third-order valence-corrected chi connectivity index (χ3v) is 5.82. The third kappa shape index (κ3) is 2.97. The first kappa shape index (κ1) is 17.6. The van der Waals surface area contributed by atoms with Gasteiger partial charge in [-0.15, -0.1) is 0 Å². The Morgan fingerprint density at radius 3 is 2.86 bits per heavy atom. The Morgan fingerprint density at radius 2 is 2.11 bits per heavy atom. The molecule has 0 amide bonds. The Hall–Kier alpha value is -2.45. The Bertz CT molecular complexity index is 961. The summed E-state index contributed by atoms with van der Waals surface area (Å²) in [7, 11) is 1.99. The van der Waals surface area contributed by atoms with Gasteiger partial charge in [-0.1, -0.05) is 0 Å². The molecular weight excluding hydrogens is 356 g/mol. The van der Waals surface area contributed by atoms with Gasteiger partial charge in [-0.05, 0) is 37.5 Å². The minimum absolute atomic E-state index is 0.293. The average molecular weight is 382 g/mol. The lowest BCUT2D eigenvalue weighted by Gasteiger charge is -2.35. The molecule has 0 bridgehead atoms. The monoisotopic (exact) mass is 382 g/mol. The summed E-state index contributed by atoms with van der Waals surface area (Å²) in [6, 6.07) is 4.49. The van der Waals surface area contributed by atoms with Gasteiger partial charge in [0, 0.05) is 32.3 Å². The van der Waals surface area contributed by atoms with Gasteiger partial charge < -0.3 is 14.4 Å². The van der Waals surface area contributed by atoms with Gasteiger partial charge in [0.25, 0.3) is 0 Å². The average Bonchev–Trinajstić information content (AvgIpc) is 3.37. The summed E-state index contributed by atoms with van der Waals surface area (Å²) in [5.41, 5.74) is 5.01. The van der Waals surface area contributed by atoms with Crippen LogP contribution >= 0.6 is 0 Å². The molecule has 148 valence electrons. The number of ether oxygens (including phenoxy) is 2. The van der Waals surface area contributed by atoms with Gasteiger partial charge in [0.05, 0.1) is 37.1 Å². The van der Waals surface area contributed by atoms with Crippen molar-refractivity contribution in [1.82, 2.24) is 25.0 Å². The highest BCUT2D eigenvalue weighted by Crippen LogP contribution is 2.37. The smallest absolute Gasteiger partial charge is 0.136 e. The molecule has 2 atom stereocenters. The summed E-state index contributed by atoms with van der Waals surface area (Å²) in [5.74, 6) is 1.36. The zero-order valence-electron chi connectivity index (χ0n) is 16.4. The fraction of sp³-hybridized carbons (Fsp3) is 0.550. The molecule has 8 heteroatoms. The van der Waals surface area contributed by atoms with Crippen LogP contribution in [0.4, 0.5) is 5.82 Å². The van der Waals surface area contributed by atoms with Crippen LogP contribution in [0.5, 0.6) is 0 Å². The lowest BCUT2D eigenvalue weighted by atomic mass is 9.92. The molecule has 8 nitrogen and oxygen atoms in total. The van der Waals surface area contributed by atoms with Gasteiger partial charge in [0.15, 0.2) is 0 Å². The maximum absolute atomic E-state index is 5.81. The largest absolute Gasteiger partial charge is 0.381 e. The number of pyridine rings is 1. The van der Waals surface area contributed by atoms with E-state index in [4.69, 9.17) is 19.6 Å². The van der Waals surface area contributed by atoms with Crippen LogP contribution in [0.3, 0.4) is 0 Å². The predicted molar refractivity (Wildman–Crippen MR) is 107 cm³/mol. The van der Waals surface area contributed by atoms with E-state index in [-0.39, 0.29) is 0 Å². The molecule has 5 heterocycles.